The molecule has 0 unspecified atom stereocenters. The molecule has 0 bridgehead atoms. The number of hydrogen-bond acceptors (Lipinski definition) is 3. The summed E-state index contributed by atoms with van der Waals surface area (Å²) >= 11 is 0. The molecule has 0 radical (unpaired) electrons. The Labute approximate surface area is 182 Å². The normalized spacial score (nSPS) is 19.7. The lowest BCUT2D eigenvalue weighted by Gasteiger charge is -2.29. The lowest BCUT2D eigenvalue weighted by atomic mass is 9.86. The third-order valence-corrected chi connectivity index (χ3v) is 5.20. The highest BCUT2D eigenvalue weighted by molar-refractivity contribution is 5.94. The van der Waals surface area contributed by atoms with Gasteiger partial charge in [0.25, 0.3) is 5.91 Å². The number of alkyl halides is 6. The van der Waals surface area contributed by atoms with Gasteiger partial charge in [-0.2, -0.15) is 26.3 Å². The van der Waals surface area contributed by atoms with Crippen LogP contribution in [0.15, 0.2) is 18.2 Å². The maximum Gasteiger partial charge on any atom is 0.416 e. The highest BCUT2D eigenvalue weighted by Crippen LogP contribution is 2.36. The van der Waals surface area contributed by atoms with Gasteiger partial charge in [-0.05, 0) is 70.2 Å². The van der Waals surface area contributed by atoms with Gasteiger partial charge in [-0.25, -0.2) is 0 Å². The molecule has 1 aliphatic carbocycles. The summed E-state index contributed by atoms with van der Waals surface area (Å²) < 4.78 is 77.9. The Kier molecular flexibility index (Phi) is 8.55. The molecule has 1 aromatic carbocycles. The van der Waals surface area contributed by atoms with Crippen LogP contribution in [0.5, 0.6) is 0 Å². The van der Waals surface area contributed by atoms with E-state index in [0.717, 1.165) is 0 Å². The monoisotopic (exact) mass is 467 g/mol. The molecular formula is C21H27F6N3O2. The number of hydrogen-bond donors (Lipinski definition) is 3. The molecule has 5 nitrogen and oxygen atoms in total. The van der Waals surface area contributed by atoms with Crippen molar-refractivity contribution in [3.8, 4) is 0 Å². The van der Waals surface area contributed by atoms with E-state index in [1.54, 1.807) is 0 Å². The first-order valence-electron chi connectivity index (χ1n) is 10.4. The van der Waals surface area contributed by atoms with Gasteiger partial charge in [-0.3, -0.25) is 9.59 Å². The summed E-state index contributed by atoms with van der Waals surface area (Å²) in [6.07, 6.45) is -7.51. The van der Waals surface area contributed by atoms with Crippen LogP contribution in [0.1, 0.15) is 61.0 Å². The summed E-state index contributed by atoms with van der Waals surface area (Å²) in [5.41, 5.74) is -3.71. The number of nitrogens with one attached hydrogen (secondary N) is 3. The SMILES string of the molecule is CC(C)NC(=O)CNC[C@H]1CC[C@H](NC(=O)c2cc(C(F)(F)F)cc(C(F)(F)F)c2)CC1. The second kappa shape index (κ2) is 10.5. The van der Waals surface area contributed by atoms with Gasteiger partial charge in [0, 0.05) is 17.6 Å². The zero-order valence-corrected chi connectivity index (χ0v) is 17.8. The fraction of sp³-hybridized carbons (Fsp3) is 0.619. The topological polar surface area (TPSA) is 70.2 Å². The van der Waals surface area contributed by atoms with Crippen molar-refractivity contribution in [3.63, 3.8) is 0 Å². The van der Waals surface area contributed by atoms with Crippen molar-refractivity contribution in [2.75, 3.05) is 13.1 Å². The predicted molar refractivity (Wildman–Crippen MR) is 106 cm³/mol. The molecule has 0 spiro atoms. The van der Waals surface area contributed by atoms with Crippen LogP contribution in [-0.4, -0.2) is 37.0 Å². The van der Waals surface area contributed by atoms with E-state index in [4.69, 9.17) is 0 Å². The van der Waals surface area contributed by atoms with Crippen LogP contribution >= 0.6 is 0 Å². The minimum atomic E-state index is -5.01. The van der Waals surface area contributed by atoms with Crippen LogP contribution in [0.4, 0.5) is 26.3 Å². The minimum absolute atomic E-state index is 0.00356. The van der Waals surface area contributed by atoms with Gasteiger partial charge in [0.2, 0.25) is 5.91 Å². The Balaban J connectivity index is 1.91. The zero-order chi connectivity index (χ0) is 24.1. The molecule has 0 heterocycles. The molecule has 1 fully saturated rings. The molecule has 0 atom stereocenters. The largest absolute Gasteiger partial charge is 0.416 e. The van der Waals surface area contributed by atoms with E-state index in [1.165, 1.54) is 0 Å². The summed E-state index contributed by atoms with van der Waals surface area (Å²) in [6.45, 7) is 4.51. The van der Waals surface area contributed by atoms with E-state index in [0.29, 0.717) is 44.4 Å². The van der Waals surface area contributed by atoms with Gasteiger partial charge in [0.05, 0.1) is 17.7 Å². The summed E-state index contributed by atoms with van der Waals surface area (Å²) in [7, 11) is 0. The number of benzene rings is 1. The lowest BCUT2D eigenvalue weighted by molar-refractivity contribution is -0.143. The Morgan fingerprint density at radius 3 is 1.94 bits per heavy atom. The second-order valence-corrected chi connectivity index (χ2v) is 8.34. The van der Waals surface area contributed by atoms with E-state index in [1.807, 2.05) is 13.8 Å². The zero-order valence-electron chi connectivity index (χ0n) is 17.8. The summed E-state index contributed by atoms with van der Waals surface area (Å²) in [6, 6.07) is 0.570. The number of carbonyl (C=O) groups excluding carboxylic acids is 2. The Morgan fingerprint density at radius 1 is 0.938 bits per heavy atom. The van der Waals surface area contributed by atoms with Crippen molar-refractivity contribution in [1.29, 1.82) is 0 Å². The molecule has 1 aromatic rings. The van der Waals surface area contributed by atoms with E-state index in [9.17, 15) is 35.9 Å². The van der Waals surface area contributed by atoms with Crippen LogP contribution in [-0.2, 0) is 17.1 Å². The maximum absolute atomic E-state index is 13.0. The van der Waals surface area contributed by atoms with Gasteiger partial charge in [0.1, 0.15) is 0 Å². The number of amides is 2. The average Bonchev–Trinajstić information content (AvgIpc) is 2.67. The fourth-order valence-corrected chi connectivity index (χ4v) is 3.63. The van der Waals surface area contributed by atoms with Crippen molar-refractivity contribution in [3.05, 3.63) is 34.9 Å². The average molecular weight is 467 g/mol. The smallest absolute Gasteiger partial charge is 0.353 e. The maximum atomic E-state index is 13.0. The molecule has 2 rings (SSSR count). The van der Waals surface area contributed by atoms with E-state index >= 15 is 0 Å². The summed E-state index contributed by atoms with van der Waals surface area (Å²) in [5.74, 6) is -0.811. The Hall–Kier alpha value is -2.30. The molecule has 0 aliphatic heterocycles. The lowest BCUT2D eigenvalue weighted by Crippen LogP contribution is -2.41. The van der Waals surface area contributed by atoms with Crippen LogP contribution in [0.3, 0.4) is 0 Å². The van der Waals surface area contributed by atoms with Gasteiger partial charge >= 0.3 is 12.4 Å². The molecule has 32 heavy (non-hydrogen) atoms. The van der Waals surface area contributed by atoms with Crippen molar-refractivity contribution >= 4 is 11.8 Å². The first-order valence-corrected chi connectivity index (χ1v) is 10.4. The third kappa shape index (κ3) is 7.99. The Morgan fingerprint density at radius 2 is 1.47 bits per heavy atom. The first kappa shape index (κ1) is 26.0. The quantitative estimate of drug-likeness (QED) is 0.529. The highest BCUT2D eigenvalue weighted by atomic mass is 19.4. The standard InChI is InChI=1S/C21H27F6N3O2/c1-12(2)29-18(31)11-28-10-13-3-5-17(6-4-13)30-19(32)14-7-15(20(22,23)24)9-16(8-14)21(25,26)27/h7-9,12-13,17,28H,3-6,10-11H2,1-2H3,(H,29,31)(H,30,32)/t13-,17-. The third-order valence-electron chi connectivity index (χ3n) is 5.20. The van der Waals surface area contributed by atoms with Crippen LogP contribution < -0.4 is 16.0 Å². The van der Waals surface area contributed by atoms with Crippen molar-refractivity contribution in [2.24, 2.45) is 5.92 Å². The fourth-order valence-electron chi connectivity index (χ4n) is 3.63. The molecule has 1 saturated carbocycles. The van der Waals surface area contributed by atoms with E-state index in [-0.39, 0.29) is 36.5 Å². The van der Waals surface area contributed by atoms with Crippen molar-refractivity contribution in [2.45, 2.75) is 64.0 Å². The molecule has 0 aromatic heterocycles. The number of rotatable bonds is 7. The van der Waals surface area contributed by atoms with Gasteiger partial charge in [-0.15, -0.1) is 0 Å². The molecule has 180 valence electrons. The van der Waals surface area contributed by atoms with Gasteiger partial charge < -0.3 is 16.0 Å². The van der Waals surface area contributed by atoms with Crippen LogP contribution in [0, 0.1) is 5.92 Å². The molecule has 0 saturated heterocycles. The molecule has 2 amide bonds. The number of carbonyl (C=O) groups is 2. The van der Waals surface area contributed by atoms with Crippen LogP contribution in [0.2, 0.25) is 0 Å². The van der Waals surface area contributed by atoms with Gasteiger partial charge in [-0.1, -0.05) is 0 Å². The molecular weight excluding hydrogens is 440 g/mol. The highest BCUT2D eigenvalue weighted by Gasteiger charge is 2.37. The van der Waals surface area contributed by atoms with Gasteiger partial charge in [0.15, 0.2) is 0 Å². The van der Waals surface area contributed by atoms with E-state index in [2.05, 4.69) is 16.0 Å². The Bertz CT molecular complexity index is 767. The van der Waals surface area contributed by atoms with E-state index < -0.39 is 35.0 Å². The minimum Gasteiger partial charge on any atom is -0.353 e. The first-order chi connectivity index (χ1) is 14.8. The summed E-state index contributed by atoms with van der Waals surface area (Å²) in [4.78, 5) is 24.0. The second-order valence-electron chi connectivity index (χ2n) is 8.34. The molecule has 3 N–H and O–H groups in total. The van der Waals surface area contributed by atoms with Crippen molar-refractivity contribution < 1.29 is 35.9 Å². The predicted octanol–water partition coefficient (Wildman–Crippen LogP) is 4.13. The van der Waals surface area contributed by atoms with Crippen LogP contribution in [0.25, 0.3) is 0 Å². The molecule has 11 heteroatoms. The summed E-state index contributed by atoms with van der Waals surface area (Å²) in [5, 5.41) is 8.38. The molecule has 1 aliphatic rings. The number of halogens is 6. The van der Waals surface area contributed by atoms with Crippen molar-refractivity contribution in [1.82, 2.24) is 16.0 Å².